The number of nitrogens with zero attached hydrogens (tertiary/aromatic N) is 5. The molecule has 1 heterocycles. The molecule has 18 heavy (non-hydrogen) atoms. The van der Waals surface area contributed by atoms with Crippen molar-refractivity contribution in [2.24, 2.45) is 7.05 Å². The highest BCUT2D eigenvalue weighted by Gasteiger charge is 2.10. The van der Waals surface area contributed by atoms with Gasteiger partial charge >= 0.3 is 0 Å². The SMILES string of the molecule is CN(C)c1ccc(C(=O)Cc2nnn(C)n2)cc1. The Labute approximate surface area is 105 Å². The predicted octanol–water partition coefficient (Wildman–Crippen LogP) is 0.701. The molecule has 2 rings (SSSR count). The normalized spacial score (nSPS) is 10.4. The van der Waals surface area contributed by atoms with Gasteiger partial charge < -0.3 is 4.90 Å². The van der Waals surface area contributed by atoms with Crippen LogP contribution in [0.25, 0.3) is 0 Å². The molecule has 0 fully saturated rings. The van der Waals surface area contributed by atoms with E-state index < -0.39 is 0 Å². The van der Waals surface area contributed by atoms with E-state index in [2.05, 4.69) is 15.4 Å². The van der Waals surface area contributed by atoms with E-state index in [0.29, 0.717) is 11.4 Å². The van der Waals surface area contributed by atoms with Gasteiger partial charge in [-0.3, -0.25) is 4.79 Å². The van der Waals surface area contributed by atoms with Crippen LogP contribution in [0.5, 0.6) is 0 Å². The Balaban J connectivity index is 2.09. The Morgan fingerprint density at radius 1 is 1.28 bits per heavy atom. The van der Waals surface area contributed by atoms with Crippen molar-refractivity contribution in [3.05, 3.63) is 35.7 Å². The van der Waals surface area contributed by atoms with Gasteiger partial charge in [-0.25, -0.2) is 0 Å². The van der Waals surface area contributed by atoms with Crippen molar-refractivity contribution in [2.45, 2.75) is 6.42 Å². The van der Waals surface area contributed by atoms with Crippen LogP contribution in [-0.2, 0) is 13.5 Å². The molecular weight excluding hydrogens is 230 g/mol. The second-order valence-corrected chi connectivity index (χ2v) is 4.24. The third-order valence-electron chi connectivity index (χ3n) is 2.57. The minimum Gasteiger partial charge on any atom is -0.378 e. The van der Waals surface area contributed by atoms with Crippen molar-refractivity contribution in [3.8, 4) is 0 Å². The van der Waals surface area contributed by atoms with Crippen LogP contribution in [0.4, 0.5) is 5.69 Å². The Morgan fingerprint density at radius 3 is 2.44 bits per heavy atom. The number of benzene rings is 1. The molecule has 0 amide bonds. The third kappa shape index (κ3) is 2.71. The lowest BCUT2D eigenvalue weighted by Crippen LogP contribution is -2.09. The van der Waals surface area contributed by atoms with E-state index in [9.17, 15) is 4.79 Å². The molecule has 1 aromatic carbocycles. The Hall–Kier alpha value is -2.24. The number of carbonyl (C=O) groups is 1. The number of carbonyl (C=O) groups excluding carboxylic acids is 1. The molecule has 0 saturated carbocycles. The maximum absolute atomic E-state index is 12.0. The molecule has 0 N–H and O–H groups in total. The molecule has 0 saturated heterocycles. The van der Waals surface area contributed by atoms with E-state index in [1.54, 1.807) is 7.05 Å². The fraction of sp³-hybridized carbons (Fsp3) is 0.333. The van der Waals surface area contributed by atoms with Gasteiger partial charge in [-0.1, -0.05) is 0 Å². The third-order valence-corrected chi connectivity index (χ3v) is 2.57. The molecule has 0 aliphatic carbocycles. The molecule has 0 atom stereocenters. The number of aryl methyl sites for hydroxylation is 1. The van der Waals surface area contributed by atoms with E-state index in [-0.39, 0.29) is 12.2 Å². The van der Waals surface area contributed by atoms with Crippen LogP contribution in [0.1, 0.15) is 16.2 Å². The molecule has 6 nitrogen and oxygen atoms in total. The molecule has 0 bridgehead atoms. The largest absolute Gasteiger partial charge is 0.378 e. The van der Waals surface area contributed by atoms with Crippen molar-refractivity contribution in [1.82, 2.24) is 20.2 Å². The maximum atomic E-state index is 12.0. The first kappa shape index (κ1) is 12.2. The molecule has 1 aromatic heterocycles. The number of tetrazole rings is 1. The second-order valence-electron chi connectivity index (χ2n) is 4.24. The minimum atomic E-state index is -0.00620. The summed E-state index contributed by atoms with van der Waals surface area (Å²) in [6, 6.07) is 7.46. The van der Waals surface area contributed by atoms with Gasteiger partial charge in [0.25, 0.3) is 0 Å². The summed E-state index contributed by atoms with van der Waals surface area (Å²) in [5.41, 5.74) is 1.72. The van der Waals surface area contributed by atoms with Crippen molar-refractivity contribution in [3.63, 3.8) is 0 Å². The smallest absolute Gasteiger partial charge is 0.182 e. The molecule has 0 unspecified atom stereocenters. The van der Waals surface area contributed by atoms with Crippen LogP contribution in [0.15, 0.2) is 24.3 Å². The zero-order valence-corrected chi connectivity index (χ0v) is 10.7. The molecule has 0 aliphatic heterocycles. The van der Waals surface area contributed by atoms with Crippen LogP contribution in [0.2, 0.25) is 0 Å². The average molecular weight is 245 g/mol. The summed E-state index contributed by atoms with van der Waals surface area (Å²) in [6.07, 6.45) is 0.176. The van der Waals surface area contributed by atoms with E-state index in [1.807, 2.05) is 43.3 Å². The molecule has 0 aliphatic rings. The molecule has 6 heteroatoms. The average Bonchev–Trinajstić information content (AvgIpc) is 2.75. The second kappa shape index (κ2) is 4.95. The van der Waals surface area contributed by atoms with Gasteiger partial charge in [-0.15, -0.1) is 10.2 Å². The number of hydrogen-bond donors (Lipinski definition) is 0. The van der Waals surface area contributed by atoms with E-state index >= 15 is 0 Å². The van der Waals surface area contributed by atoms with Crippen LogP contribution in [0, 0.1) is 0 Å². The topological polar surface area (TPSA) is 63.9 Å². The molecular formula is C12H15N5O. The maximum Gasteiger partial charge on any atom is 0.182 e. The number of rotatable bonds is 4. The van der Waals surface area contributed by atoms with Crippen molar-refractivity contribution in [1.29, 1.82) is 0 Å². The summed E-state index contributed by atoms with van der Waals surface area (Å²) in [4.78, 5) is 15.3. The molecule has 94 valence electrons. The van der Waals surface area contributed by atoms with Crippen molar-refractivity contribution in [2.75, 3.05) is 19.0 Å². The number of Topliss-reactive ketones (excluding diaryl/α,β-unsaturated/α-hetero) is 1. The summed E-state index contributed by atoms with van der Waals surface area (Å²) < 4.78 is 0. The van der Waals surface area contributed by atoms with Crippen molar-refractivity contribution >= 4 is 11.5 Å². The highest BCUT2D eigenvalue weighted by molar-refractivity contribution is 5.97. The summed E-state index contributed by atoms with van der Waals surface area (Å²) in [5.74, 6) is 0.437. The lowest BCUT2D eigenvalue weighted by molar-refractivity contribution is 0.0990. The van der Waals surface area contributed by atoms with Crippen LogP contribution >= 0.6 is 0 Å². The quantitative estimate of drug-likeness (QED) is 0.742. The number of ketones is 1. The first-order valence-corrected chi connectivity index (χ1v) is 5.60. The summed E-state index contributed by atoms with van der Waals surface area (Å²) in [5, 5.41) is 11.5. The molecule has 2 aromatic rings. The van der Waals surface area contributed by atoms with Gasteiger partial charge in [-0.05, 0) is 29.5 Å². The van der Waals surface area contributed by atoms with Crippen LogP contribution in [0.3, 0.4) is 0 Å². The van der Waals surface area contributed by atoms with E-state index in [4.69, 9.17) is 0 Å². The summed E-state index contributed by atoms with van der Waals surface area (Å²) in [6.45, 7) is 0. The molecule has 0 radical (unpaired) electrons. The highest BCUT2D eigenvalue weighted by atomic mass is 16.1. The first-order valence-electron chi connectivity index (χ1n) is 5.60. The molecule has 0 spiro atoms. The summed E-state index contributed by atoms with van der Waals surface area (Å²) >= 11 is 0. The fourth-order valence-electron chi connectivity index (χ4n) is 1.59. The first-order chi connectivity index (χ1) is 8.56. The number of hydrogen-bond acceptors (Lipinski definition) is 5. The predicted molar refractivity (Wildman–Crippen MR) is 67.6 cm³/mol. The minimum absolute atomic E-state index is 0.00620. The summed E-state index contributed by atoms with van der Waals surface area (Å²) in [7, 11) is 5.59. The standard InChI is InChI=1S/C12H15N5O/c1-16(2)10-6-4-9(5-7-10)11(18)8-12-13-15-17(3)14-12/h4-7H,8H2,1-3H3. The lowest BCUT2D eigenvalue weighted by Gasteiger charge is -2.12. The van der Waals surface area contributed by atoms with Crippen molar-refractivity contribution < 1.29 is 4.79 Å². The Bertz CT molecular complexity index is 544. The van der Waals surface area contributed by atoms with Gasteiger partial charge in [0.2, 0.25) is 0 Å². The zero-order valence-electron chi connectivity index (χ0n) is 10.7. The zero-order chi connectivity index (χ0) is 13.1. The highest BCUT2D eigenvalue weighted by Crippen LogP contribution is 2.13. The van der Waals surface area contributed by atoms with Crippen LogP contribution < -0.4 is 4.90 Å². The van der Waals surface area contributed by atoms with Gasteiger partial charge in [0, 0.05) is 25.3 Å². The van der Waals surface area contributed by atoms with E-state index in [0.717, 1.165) is 5.69 Å². The van der Waals surface area contributed by atoms with Gasteiger partial charge in [0.15, 0.2) is 11.6 Å². The Kier molecular flexibility index (Phi) is 3.36. The fourth-order valence-corrected chi connectivity index (χ4v) is 1.59. The van der Waals surface area contributed by atoms with Gasteiger partial charge in [0.05, 0.1) is 13.5 Å². The van der Waals surface area contributed by atoms with Gasteiger partial charge in [0.1, 0.15) is 0 Å². The monoisotopic (exact) mass is 245 g/mol. The van der Waals surface area contributed by atoms with Gasteiger partial charge in [-0.2, -0.15) is 4.80 Å². The number of anilines is 1. The lowest BCUT2D eigenvalue weighted by atomic mass is 10.1. The van der Waals surface area contributed by atoms with Crippen LogP contribution in [-0.4, -0.2) is 40.1 Å². The van der Waals surface area contributed by atoms with E-state index in [1.165, 1.54) is 4.80 Å². The Morgan fingerprint density at radius 2 is 1.94 bits per heavy atom. The number of aromatic nitrogens is 4.